The van der Waals surface area contributed by atoms with Crippen LogP contribution in [-0.4, -0.2) is 47.4 Å². The summed E-state index contributed by atoms with van der Waals surface area (Å²) < 4.78 is 10.6. The normalized spacial score (nSPS) is 11.6. The molecular formula is C22H25Cl2N3O6. The number of hydrogen-bond acceptors (Lipinski definition) is 6. The second-order valence-electron chi connectivity index (χ2n) is 7.44. The van der Waals surface area contributed by atoms with Gasteiger partial charge < -0.3 is 19.7 Å². The fourth-order valence-corrected chi connectivity index (χ4v) is 3.48. The highest BCUT2D eigenvalue weighted by Crippen LogP contribution is 2.31. The standard InChI is InChI=1S/C22H25Cl2N3O6/c1-13(2)25-22(29)14(3)26(11-16-17(23)6-5-7-18(16)24)21(28)12-33-15-8-9-19(27(30)31)20(10-15)32-4/h5-10,13-14H,11-12H2,1-4H3,(H,25,29). The van der Waals surface area contributed by atoms with Crippen molar-refractivity contribution < 1.29 is 24.0 Å². The van der Waals surface area contributed by atoms with Crippen molar-refractivity contribution in [2.24, 2.45) is 0 Å². The van der Waals surface area contributed by atoms with E-state index >= 15 is 0 Å². The van der Waals surface area contributed by atoms with Gasteiger partial charge in [-0.1, -0.05) is 29.3 Å². The molecule has 0 saturated heterocycles. The maximum absolute atomic E-state index is 13.1. The van der Waals surface area contributed by atoms with E-state index in [1.165, 1.54) is 30.2 Å². The monoisotopic (exact) mass is 497 g/mol. The van der Waals surface area contributed by atoms with Gasteiger partial charge in [-0.15, -0.1) is 0 Å². The van der Waals surface area contributed by atoms with Crippen molar-refractivity contribution in [1.29, 1.82) is 0 Å². The van der Waals surface area contributed by atoms with E-state index in [1.54, 1.807) is 25.1 Å². The Labute approximate surface area is 201 Å². The fourth-order valence-electron chi connectivity index (χ4n) is 2.97. The Balaban J connectivity index is 2.26. The Bertz CT molecular complexity index is 1010. The summed E-state index contributed by atoms with van der Waals surface area (Å²) in [6.07, 6.45) is 0. The van der Waals surface area contributed by atoms with Gasteiger partial charge in [-0.3, -0.25) is 19.7 Å². The topological polar surface area (TPSA) is 111 Å². The maximum Gasteiger partial charge on any atom is 0.311 e. The summed E-state index contributed by atoms with van der Waals surface area (Å²) in [4.78, 5) is 37.5. The number of benzene rings is 2. The molecule has 1 atom stereocenters. The number of nitrogens with zero attached hydrogens (tertiary/aromatic N) is 2. The minimum absolute atomic E-state index is 0.00525. The van der Waals surface area contributed by atoms with Crippen LogP contribution in [0.5, 0.6) is 11.5 Å². The predicted octanol–water partition coefficient (Wildman–Crippen LogP) is 4.23. The van der Waals surface area contributed by atoms with E-state index < -0.39 is 23.5 Å². The van der Waals surface area contributed by atoms with Gasteiger partial charge in [0.05, 0.1) is 12.0 Å². The van der Waals surface area contributed by atoms with E-state index in [0.717, 1.165) is 0 Å². The Morgan fingerprint density at radius 1 is 1.15 bits per heavy atom. The lowest BCUT2D eigenvalue weighted by Crippen LogP contribution is -2.50. The van der Waals surface area contributed by atoms with Crippen molar-refractivity contribution in [2.45, 2.75) is 39.4 Å². The maximum atomic E-state index is 13.1. The molecule has 2 aromatic rings. The van der Waals surface area contributed by atoms with Crippen molar-refractivity contribution >= 4 is 40.7 Å². The number of nitrogens with one attached hydrogen (secondary N) is 1. The molecule has 0 aliphatic rings. The zero-order chi connectivity index (χ0) is 24.7. The molecule has 1 unspecified atom stereocenters. The first-order valence-corrected chi connectivity index (χ1v) is 10.8. The molecule has 178 valence electrons. The molecule has 0 fully saturated rings. The molecule has 2 amide bonds. The van der Waals surface area contributed by atoms with Crippen LogP contribution in [0.1, 0.15) is 26.3 Å². The van der Waals surface area contributed by atoms with Gasteiger partial charge in [-0.05, 0) is 39.0 Å². The first-order valence-electron chi connectivity index (χ1n) is 10.0. The van der Waals surface area contributed by atoms with Gasteiger partial charge in [0.15, 0.2) is 6.61 Å². The number of nitro benzene ring substituents is 1. The van der Waals surface area contributed by atoms with Crippen LogP contribution < -0.4 is 14.8 Å². The molecule has 1 N–H and O–H groups in total. The van der Waals surface area contributed by atoms with Crippen molar-refractivity contribution in [3.63, 3.8) is 0 Å². The second kappa shape index (κ2) is 11.7. The third-order valence-electron chi connectivity index (χ3n) is 4.70. The van der Waals surface area contributed by atoms with Gasteiger partial charge in [0.1, 0.15) is 11.8 Å². The molecule has 2 aromatic carbocycles. The summed E-state index contributed by atoms with van der Waals surface area (Å²) in [5.74, 6) is -0.664. The second-order valence-corrected chi connectivity index (χ2v) is 8.25. The quantitative estimate of drug-likeness (QED) is 0.388. The number of methoxy groups -OCH3 is 1. The predicted molar refractivity (Wildman–Crippen MR) is 125 cm³/mol. The number of rotatable bonds is 10. The first kappa shape index (κ1) is 26.2. The number of amides is 2. The van der Waals surface area contributed by atoms with E-state index in [1.807, 2.05) is 13.8 Å². The van der Waals surface area contributed by atoms with Gasteiger partial charge in [0, 0.05) is 40.3 Å². The average Bonchev–Trinajstić information content (AvgIpc) is 2.76. The van der Waals surface area contributed by atoms with Crippen LogP contribution in [0.25, 0.3) is 0 Å². The summed E-state index contributed by atoms with van der Waals surface area (Å²) in [6.45, 7) is 4.77. The lowest BCUT2D eigenvalue weighted by molar-refractivity contribution is -0.385. The molecule has 11 heteroatoms. The Kier molecular flexibility index (Phi) is 9.31. The zero-order valence-corrected chi connectivity index (χ0v) is 20.1. The molecule has 0 radical (unpaired) electrons. The van der Waals surface area contributed by atoms with E-state index in [9.17, 15) is 19.7 Å². The van der Waals surface area contributed by atoms with Gasteiger partial charge in [0.2, 0.25) is 11.7 Å². The summed E-state index contributed by atoms with van der Waals surface area (Å²) in [7, 11) is 1.29. The van der Waals surface area contributed by atoms with Crippen LogP contribution in [-0.2, 0) is 16.1 Å². The Morgan fingerprint density at radius 2 is 1.79 bits per heavy atom. The number of halogens is 2. The number of nitro groups is 1. The molecule has 0 aliphatic carbocycles. The molecule has 2 rings (SSSR count). The highest BCUT2D eigenvalue weighted by atomic mass is 35.5. The smallest absolute Gasteiger partial charge is 0.311 e. The van der Waals surface area contributed by atoms with Gasteiger partial charge in [0.25, 0.3) is 5.91 Å². The SMILES string of the molecule is COc1cc(OCC(=O)N(Cc2c(Cl)cccc2Cl)C(C)C(=O)NC(C)C)ccc1[N+](=O)[O-]. The Morgan fingerprint density at radius 3 is 2.33 bits per heavy atom. The van der Waals surface area contributed by atoms with E-state index in [0.29, 0.717) is 15.6 Å². The fraction of sp³-hybridized carbons (Fsp3) is 0.364. The zero-order valence-electron chi connectivity index (χ0n) is 18.6. The van der Waals surface area contributed by atoms with Gasteiger partial charge in [-0.25, -0.2) is 0 Å². The third-order valence-corrected chi connectivity index (χ3v) is 5.41. The van der Waals surface area contributed by atoms with E-state index in [2.05, 4.69) is 5.32 Å². The van der Waals surface area contributed by atoms with E-state index in [-0.39, 0.29) is 35.7 Å². The molecule has 9 nitrogen and oxygen atoms in total. The molecular weight excluding hydrogens is 473 g/mol. The molecule has 0 aliphatic heterocycles. The van der Waals surface area contributed by atoms with Crippen LogP contribution in [0.4, 0.5) is 5.69 Å². The van der Waals surface area contributed by atoms with Crippen molar-refractivity contribution in [1.82, 2.24) is 10.2 Å². The molecule has 0 aromatic heterocycles. The number of carbonyl (C=O) groups excluding carboxylic acids is 2. The molecule has 0 bridgehead atoms. The number of carbonyl (C=O) groups is 2. The summed E-state index contributed by atoms with van der Waals surface area (Å²) in [5, 5.41) is 14.6. The minimum Gasteiger partial charge on any atom is -0.490 e. The van der Waals surface area contributed by atoms with Gasteiger partial charge >= 0.3 is 5.69 Å². The summed E-state index contributed by atoms with van der Waals surface area (Å²) >= 11 is 12.5. The largest absolute Gasteiger partial charge is 0.490 e. The number of ether oxygens (including phenoxy) is 2. The highest BCUT2D eigenvalue weighted by molar-refractivity contribution is 6.36. The Hall–Kier alpha value is -3.04. The molecule has 0 heterocycles. The van der Waals surface area contributed by atoms with E-state index in [4.69, 9.17) is 32.7 Å². The van der Waals surface area contributed by atoms with Crippen LogP contribution in [0.15, 0.2) is 36.4 Å². The summed E-state index contributed by atoms with van der Waals surface area (Å²) in [5.41, 5.74) is 0.264. The first-order chi connectivity index (χ1) is 15.5. The van der Waals surface area contributed by atoms with Crippen LogP contribution >= 0.6 is 23.2 Å². The average molecular weight is 498 g/mol. The van der Waals surface area contributed by atoms with Crippen molar-refractivity contribution in [3.8, 4) is 11.5 Å². The third kappa shape index (κ3) is 6.97. The van der Waals surface area contributed by atoms with Crippen LogP contribution in [0.3, 0.4) is 0 Å². The minimum atomic E-state index is -0.845. The molecule has 0 spiro atoms. The summed E-state index contributed by atoms with van der Waals surface area (Å²) in [6, 6.07) is 7.90. The van der Waals surface area contributed by atoms with Gasteiger partial charge in [-0.2, -0.15) is 0 Å². The van der Waals surface area contributed by atoms with Crippen LogP contribution in [0, 0.1) is 10.1 Å². The van der Waals surface area contributed by atoms with Crippen LogP contribution in [0.2, 0.25) is 10.0 Å². The number of hydrogen-bond donors (Lipinski definition) is 1. The van der Waals surface area contributed by atoms with Crippen molar-refractivity contribution in [3.05, 3.63) is 62.1 Å². The van der Waals surface area contributed by atoms with Crippen molar-refractivity contribution in [2.75, 3.05) is 13.7 Å². The molecule has 0 saturated carbocycles. The molecule has 33 heavy (non-hydrogen) atoms. The highest BCUT2D eigenvalue weighted by Gasteiger charge is 2.28. The lowest BCUT2D eigenvalue weighted by Gasteiger charge is -2.30. The lowest BCUT2D eigenvalue weighted by atomic mass is 10.1.